The first kappa shape index (κ1) is 12.4. The fraction of sp³-hybridized carbons (Fsp3) is 0.769. The molecule has 1 saturated carbocycles. The van der Waals surface area contributed by atoms with E-state index in [9.17, 15) is 9.90 Å². The lowest BCUT2D eigenvalue weighted by Crippen LogP contribution is -2.51. The number of carbonyl (C=O) groups is 1. The topological polar surface area (TPSA) is 37.3 Å². The quantitative estimate of drug-likeness (QED) is 0.711. The molecule has 0 aromatic heterocycles. The van der Waals surface area contributed by atoms with Crippen LogP contribution in [0, 0.1) is 11.3 Å². The molecule has 1 rings (SSSR count). The second kappa shape index (κ2) is 4.09. The van der Waals surface area contributed by atoms with Gasteiger partial charge >= 0.3 is 0 Å². The van der Waals surface area contributed by atoms with Crippen molar-refractivity contribution >= 4 is 5.78 Å². The highest BCUT2D eigenvalue weighted by Gasteiger charge is 2.47. The first-order chi connectivity index (χ1) is 6.79. The number of allylic oxidation sites excluding steroid dienone is 1. The number of hydrogen-bond donors (Lipinski definition) is 1. The first-order valence-corrected chi connectivity index (χ1v) is 5.72. The van der Waals surface area contributed by atoms with Gasteiger partial charge in [-0.2, -0.15) is 0 Å². The van der Waals surface area contributed by atoms with Gasteiger partial charge in [0.1, 0.15) is 0 Å². The van der Waals surface area contributed by atoms with Gasteiger partial charge in [-0.3, -0.25) is 4.79 Å². The lowest BCUT2D eigenvalue weighted by Gasteiger charge is -2.49. The van der Waals surface area contributed by atoms with E-state index in [1.54, 1.807) is 6.08 Å². The molecule has 0 spiro atoms. The minimum Gasteiger partial charge on any atom is -0.385 e. The van der Waals surface area contributed by atoms with Crippen LogP contribution in [0.15, 0.2) is 12.2 Å². The number of aliphatic hydroxyl groups is 1. The van der Waals surface area contributed by atoms with Gasteiger partial charge in [0.2, 0.25) is 0 Å². The molecule has 0 saturated heterocycles. The van der Waals surface area contributed by atoms with Crippen LogP contribution in [0.25, 0.3) is 0 Å². The van der Waals surface area contributed by atoms with Gasteiger partial charge in [-0.15, -0.1) is 0 Å². The van der Waals surface area contributed by atoms with E-state index in [0.29, 0.717) is 0 Å². The maximum Gasteiger partial charge on any atom is 0.152 e. The molecular weight excluding hydrogens is 188 g/mol. The Morgan fingerprint density at radius 1 is 1.47 bits per heavy atom. The summed E-state index contributed by atoms with van der Waals surface area (Å²) < 4.78 is 0. The molecule has 0 radical (unpaired) electrons. The highest BCUT2D eigenvalue weighted by molar-refractivity contribution is 5.87. The summed E-state index contributed by atoms with van der Waals surface area (Å²) in [7, 11) is 0. The van der Waals surface area contributed by atoms with Gasteiger partial charge in [0.25, 0.3) is 0 Å². The van der Waals surface area contributed by atoms with Crippen molar-refractivity contribution in [3.63, 3.8) is 0 Å². The lowest BCUT2D eigenvalue weighted by atomic mass is 9.60. The molecule has 1 fully saturated rings. The van der Waals surface area contributed by atoms with Crippen LogP contribution < -0.4 is 0 Å². The molecular formula is C13H22O2. The average molecular weight is 210 g/mol. The van der Waals surface area contributed by atoms with Gasteiger partial charge in [0.05, 0.1) is 5.60 Å². The van der Waals surface area contributed by atoms with E-state index in [0.717, 1.165) is 19.3 Å². The molecule has 2 nitrogen and oxygen atoms in total. The van der Waals surface area contributed by atoms with E-state index in [1.807, 2.05) is 0 Å². The summed E-state index contributed by atoms with van der Waals surface area (Å²) in [6.07, 6.45) is 6.41. The van der Waals surface area contributed by atoms with Crippen LogP contribution in [0.2, 0.25) is 0 Å². The number of hydrogen-bond acceptors (Lipinski definition) is 2. The van der Waals surface area contributed by atoms with Gasteiger partial charge in [-0.25, -0.2) is 0 Å². The Bertz CT molecular complexity index is 278. The van der Waals surface area contributed by atoms with Crippen molar-refractivity contribution in [3.8, 4) is 0 Å². The van der Waals surface area contributed by atoms with Gasteiger partial charge in [0, 0.05) is 0 Å². The van der Waals surface area contributed by atoms with Crippen LogP contribution in [0.4, 0.5) is 0 Å². The zero-order valence-electron chi connectivity index (χ0n) is 10.2. The Labute approximate surface area is 92.4 Å². The van der Waals surface area contributed by atoms with Crippen LogP contribution in [0.5, 0.6) is 0 Å². The Morgan fingerprint density at radius 3 is 2.53 bits per heavy atom. The number of carbonyl (C=O) groups excluding carboxylic acids is 1. The van der Waals surface area contributed by atoms with Crippen molar-refractivity contribution in [2.75, 3.05) is 0 Å². The van der Waals surface area contributed by atoms with E-state index in [-0.39, 0.29) is 17.1 Å². The molecule has 0 heterocycles. The lowest BCUT2D eigenvalue weighted by molar-refractivity contribution is -0.113. The van der Waals surface area contributed by atoms with E-state index in [2.05, 4.69) is 20.8 Å². The molecule has 86 valence electrons. The van der Waals surface area contributed by atoms with Crippen LogP contribution >= 0.6 is 0 Å². The fourth-order valence-corrected chi connectivity index (χ4v) is 2.57. The van der Waals surface area contributed by atoms with Crippen LogP contribution in [0.3, 0.4) is 0 Å². The minimum absolute atomic E-state index is 0.00278. The molecule has 2 heteroatoms. The van der Waals surface area contributed by atoms with Gasteiger partial charge in [-0.05, 0) is 43.3 Å². The fourth-order valence-electron chi connectivity index (χ4n) is 2.57. The van der Waals surface area contributed by atoms with Crippen LogP contribution in [-0.2, 0) is 4.79 Å². The largest absolute Gasteiger partial charge is 0.385 e. The molecule has 1 N–H and O–H groups in total. The van der Waals surface area contributed by atoms with Crippen molar-refractivity contribution in [1.29, 1.82) is 0 Å². The predicted molar refractivity (Wildman–Crippen MR) is 61.6 cm³/mol. The summed E-state index contributed by atoms with van der Waals surface area (Å²) in [6.45, 7) is 7.73. The van der Waals surface area contributed by atoms with Crippen molar-refractivity contribution in [1.82, 2.24) is 0 Å². The smallest absolute Gasteiger partial charge is 0.152 e. The molecule has 0 aliphatic heterocycles. The highest BCUT2D eigenvalue weighted by Crippen LogP contribution is 2.47. The van der Waals surface area contributed by atoms with Crippen molar-refractivity contribution in [2.45, 2.75) is 52.6 Å². The minimum atomic E-state index is -0.836. The Kier molecular flexibility index (Phi) is 3.39. The van der Waals surface area contributed by atoms with Crippen molar-refractivity contribution in [2.24, 2.45) is 11.3 Å². The van der Waals surface area contributed by atoms with Gasteiger partial charge in [0.15, 0.2) is 5.78 Å². The second-order valence-electron chi connectivity index (χ2n) is 5.45. The standard InChI is InChI=1S/C13H22O2/c1-10-6-5-8-12(3,4)13(10,15)9-7-11(2)14/h7,9-10,15H,5-6,8H2,1-4H3. The molecule has 2 atom stereocenters. The Hall–Kier alpha value is -0.630. The highest BCUT2D eigenvalue weighted by atomic mass is 16.3. The van der Waals surface area contributed by atoms with E-state index < -0.39 is 5.60 Å². The first-order valence-electron chi connectivity index (χ1n) is 5.72. The molecule has 1 aliphatic rings. The van der Waals surface area contributed by atoms with Gasteiger partial charge in [-0.1, -0.05) is 27.2 Å². The summed E-state index contributed by atoms with van der Waals surface area (Å²) >= 11 is 0. The summed E-state index contributed by atoms with van der Waals surface area (Å²) in [6, 6.07) is 0. The number of rotatable bonds is 2. The van der Waals surface area contributed by atoms with Crippen molar-refractivity contribution in [3.05, 3.63) is 12.2 Å². The summed E-state index contributed by atoms with van der Waals surface area (Å²) in [5, 5.41) is 10.7. The van der Waals surface area contributed by atoms with Crippen molar-refractivity contribution < 1.29 is 9.90 Å². The molecule has 1 aliphatic carbocycles. The molecule has 0 aromatic carbocycles. The van der Waals surface area contributed by atoms with E-state index in [4.69, 9.17) is 0 Å². The van der Waals surface area contributed by atoms with E-state index >= 15 is 0 Å². The maximum atomic E-state index is 10.9. The monoisotopic (exact) mass is 210 g/mol. The third kappa shape index (κ3) is 2.31. The molecule has 15 heavy (non-hydrogen) atoms. The third-order valence-corrected chi connectivity index (χ3v) is 3.85. The zero-order chi connectivity index (χ0) is 11.7. The van der Waals surface area contributed by atoms with E-state index in [1.165, 1.54) is 13.0 Å². The molecule has 0 bridgehead atoms. The zero-order valence-corrected chi connectivity index (χ0v) is 10.2. The normalized spacial score (nSPS) is 35.7. The number of ketones is 1. The van der Waals surface area contributed by atoms with Crippen LogP contribution in [0.1, 0.15) is 47.0 Å². The average Bonchev–Trinajstić information content (AvgIpc) is 2.11. The second-order valence-corrected chi connectivity index (χ2v) is 5.45. The predicted octanol–water partition coefficient (Wildman–Crippen LogP) is 2.71. The summed E-state index contributed by atoms with van der Waals surface area (Å²) in [5.74, 6) is 0.217. The maximum absolute atomic E-state index is 10.9. The Morgan fingerprint density at radius 2 is 2.07 bits per heavy atom. The molecule has 0 amide bonds. The molecule has 0 aromatic rings. The summed E-state index contributed by atoms with van der Waals surface area (Å²) in [4.78, 5) is 10.9. The summed E-state index contributed by atoms with van der Waals surface area (Å²) in [5.41, 5.74) is -0.979. The molecule has 2 unspecified atom stereocenters. The van der Waals surface area contributed by atoms with Crippen LogP contribution in [-0.4, -0.2) is 16.5 Å². The Balaban J connectivity index is 2.98. The van der Waals surface area contributed by atoms with Gasteiger partial charge < -0.3 is 5.11 Å². The third-order valence-electron chi connectivity index (χ3n) is 3.85. The SMILES string of the molecule is CC(=O)C=CC1(O)C(C)CCCC1(C)C.